The van der Waals surface area contributed by atoms with E-state index >= 15 is 0 Å². The number of hydrogen-bond donors (Lipinski definition) is 2. The zero-order valence-corrected chi connectivity index (χ0v) is 12.0. The van der Waals surface area contributed by atoms with Gasteiger partial charge in [-0.25, -0.2) is 0 Å². The largest absolute Gasteiger partial charge is 0.388 e. The van der Waals surface area contributed by atoms with Gasteiger partial charge in [0, 0.05) is 23.2 Å². The first-order chi connectivity index (χ1) is 9.24. The van der Waals surface area contributed by atoms with Crippen molar-refractivity contribution in [2.45, 2.75) is 19.9 Å². The Morgan fingerprint density at radius 1 is 1.21 bits per heavy atom. The average molecular weight is 274 g/mol. The van der Waals surface area contributed by atoms with Crippen molar-refractivity contribution in [3.8, 4) is 0 Å². The molecule has 19 heavy (non-hydrogen) atoms. The van der Waals surface area contributed by atoms with Gasteiger partial charge >= 0.3 is 0 Å². The number of benzene rings is 1. The van der Waals surface area contributed by atoms with Crippen molar-refractivity contribution < 1.29 is 4.79 Å². The molecular weight excluding hydrogens is 256 g/mol. The number of carbonyl (C=O) groups is 1. The molecule has 0 radical (unpaired) electrons. The number of rotatable bonds is 5. The maximum atomic E-state index is 12.0. The molecule has 1 amide bonds. The molecule has 4 heteroatoms. The van der Waals surface area contributed by atoms with E-state index in [1.165, 1.54) is 10.4 Å². The molecule has 0 spiro atoms. The molecule has 100 valence electrons. The van der Waals surface area contributed by atoms with Crippen molar-refractivity contribution in [3.05, 3.63) is 51.7 Å². The number of hydrogen-bond acceptors (Lipinski definition) is 3. The lowest BCUT2D eigenvalue weighted by Crippen LogP contribution is -2.22. The first-order valence-electron chi connectivity index (χ1n) is 6.36. The summed E-state index contributed by atoms with van der Waals surface area (Å²) in [6.45, 7) is 2.73. The number of amides is 1. The van der Waals surface area contributed by atoms with Crippen molar-refractivity contribution >= 4 is 22.9 Å². The number of carbonyl (C=O) groups excluding carboxylic acids is 1. The Balaban J connectivity index is 1.97. The Bertz CT molecular complexity index is 546. The fourth-order valence-corrected chi connectivity index (χ4v) is 2.80. The lowest BCUT2D eigenvalue weighted by molar-refractivity contribution is 0.0951. The van der Waals surface area contributed by atoms with Crippen LogP contribution in [0.25, 0.3) is 0 Å². The molecule has 3 nitrogen and oxygen atoms in total. The van der Waals surface area contributed by atoms with E-state index in [1.54, 1.807) is 11.3 Å². The summed E-state index contributed by atoms with van der Waals surface area (Å²) in [6.07, 6.45) is 1.01. The van der Waals surface area contributed by atoms with Crippen LogP contribution in [0.15, 0.2) is 35.7 Å². The Morgan fingerprint density at radius 2 is 1.95 bits per heavy atom. The molecule has 2 N–H and O–H groups in total. The van der Waals surface area contributed by atoms with Crippen molar-refractivity contribution in [2.24, 2.45) is 0 Å². The third-order valence-corrected chi connectivity index (χ3v) is 4.03. The van der Waals surface area contributed by atoms with Crippen LogP contribution in [0.5, 0.6) is 0 Å². The van der Waals surface area contributed by atoms with E-state index < -0.39 is 0 Å². The molecule has 1 heterocycles. The zero-order chi connectivity index (χ0) is 13.7. The lowest BCUT2D eigenvalue weighted by Gasteiger charge is -2.06. The van der Waals surface area contributed by atoms with E-state index in [9.17, 15) is 4.79 Å². The molecule has 0 saturated heterocycles. The van der Waals surface area contributed by atoms with Gasteiger partial charge in [-0.2, -0.15) is 0 Å². The molecule has 0 bridgehead atoms. The van der Waals surface area contributed by atoms with Gasteiger partial charge in [0.25, 0.3) is 5.91 Å². The summed E-state index contributed by atoms with van der Waals surface area (Å²) in [6, 6.07) is 9.58. The number of nitrogens with one attached hydrogen (secondary N) is 2. The summed E-state index contributed by atoms with van der Waals surface area (Å²) in [5, 5.41) is 8.07. The highest BCUT2D eigenvalue weighted by molar-refractivity contribution is 7.10. The lowest BCUT2D eigenvalue weighted by atomic mass is 10.2. The molecule has 1 aromatic heterocycles. The predicted octanol–water partition coefficient (Wildman–Crippen LogP) is 3.28. The van der Waals surface area contributed by atoms with Crippen LogP contribution >= 0.6 is 11.3 Å². The quantitative estimate of drug-likeness (QED) is 0.878. The van der Waals surface area contributed by atoms with Gasteiger partial charge < -0.3 is 10.6 Å². The fraction of sp³-hybridized carbons (Fsp3) is 0.267. The van der Waals surface area contributed by atoms with Crippen LogP contribution < -0.4 is 10.6 Å². The van der Waals surface area contributed by atoms with Crippen LogP contribution in [-0.2, 0) is 13.0 Å². The Morgan fingerprint density at radius 3 is 2.58 bits per heavy atom. The smallest absolute Gasteiger partial charge is 0.251 e. The van der Waals surface area contributed by atoms with E-state index in [4.69, 9.17) is 0 Å². The molecular formula is C15H18N2OS. The zero-order valence-electron chi connectivity index (χ0n) is 11.2. The minimum Gasteiger partial charge on any atom is -0.388 e. The summed E-state index contributed by atoms with van der Waals surface area (Å²) in [5.41, 5.74) is 3.01. The van der Waals surface area contributed by atoms with Crippen molar-refractivity contribution in [1.29, 1.82) is 0 Å². The maximum absolute atomic E-state index is 12.0. The first-order valence-corrected chi connectivity index (χ1v) is 7.23. The van der Waals surface area contributed by atoms with Gasteiger partial charge in [0.2, 0.25) is 0 Å². The normalized spacial score (nSPS) is 10.2. The second-order valence-corrected chi connectivity index (χ2v) is 5.23. The predicted molar refractivity (Wildman–Crippen MR) is 80.9 cm³/mol. The van der Waals surface area contributed by atoms with Crippen LogP contribution in [0, 0.1) is 0 Å². The fourth-order valence-electron chi connectivity index (χ4n) is 1.89. The van der Waals surface area contributed by atoms with E-state index in [0.717, 1.165) is 12.1 Å². The van der Waals surface area contributed by atoms with Crippen molar-refractivity contribution in [2.75, 3.05) is 12.4 Å². The van der Waals surface area contributed by atoms with Crippen LogP contribution in [0.2, 0.25) is 0 Å². The average Bonchev–Trinajstić information content (AvgIpc) is 2.92. The minimum atomic E-state index is -0.0295. The summed E-state index contributed by atoms with van der Waals surface area (Å²) < 4.78 is 0. The Kier molecular flexibility index (Phi) is 4.58. The van der Waals surface area contributed by atoms with Crippen LogP contribution in [0.4, 0.5) is 5.69 Å². The van der Waals surface area contributed by atoms with E-state index in [-0.39, 0.29) is 5.91 Å². The van der Waals surface area contributed by atoms with Crippen LogP contribution in [-0.4, -0.2) is 13.0 Å². The monoisotopic (exact) mass is 274 g/mol. The van der Waals surface area contributed by atoms with E-state index in [0.29, 0.717) is 12.1 Å². The SMILES string of the molecule is CCc1ccsc1CNC(=O)c1ccc(NC)cc1. The van der Waals surface area contributed by atoms with E-state index in [1.807, 2.05) is 31.3 Å². The van der Waals surface area contributed by atoms with Gasteiger partial charge in [0.1, 0.15) is 0 Å². The molecule has 0 aliphatic rings. The van der Waals surface area contributed by atoms with Gasteiger partial charge in [-0.15, -0.1) is 11.3 Å². The topological polar surface area (TPSA) is 41.1 Å². The molecule has 1 aromatic carbocycles. The molecule has 0 fully saturated rings. The third-order valence-electron chi connectivity index (χ3n) is 3.06. The minimum absolute atomic E-state index is 0.0295. The highest BCUT2D eigenvalue weighted by Crippen LogP contribution is 2.17. The standard InChI is InChI=1S/C15H18N2OS/c1-3-11-8-9-19-14(11)10-17-15(18)12-4-6-13(16-2)7-5-12/h4-9,16H,3,10H2,1-2H3,(H,17,18). The van der Waals surface area contributed by atoms with Crippen LogP contribution in [0.3, 0.4) is 0 Å². The Labute approximate surface area is 117 Å². The van der Waals surface area contributed by atoms with Crippen molar-refractivity contribution in [3.63, 3.8) is 0 Å². The highest BCUT2D eigenvalue weighted by Gasteiger charge is 2.07. The van der Waals surface area contributed by atoms with Crippen molar-refractivity contribution in [1.82, 2.24) is 5.32 Å². The van der Waals surface area contributed by atoms with Crippen LogP contribution in [0.1, 0.15) is 27.7 Å². The molecule has 0 aliphatic carbocycles. The Hall–Kier alpha value is -1.81. The third kappa shape index (κ3) is 3.35. The van der Waals surface area contributed by atoms with Gasteiger partial charge in [-0.3, -0.25) is 4.79 Å². The summed E-state index contributed by atoms with van der Waals surface area (Å²) in [5.74, 6) is -0.0295. The maximum Gasteiger partial charge on any atom is 0.251 e. The summed E-state index contributed by atoms with van der Waals surface area (Å²) in [7, 11) is 1.86. The highest BCUT2D eigenvalue weighted by atomic mass is 32.1. The molecule has 0 saturated carbocycles. The molecule has 2 rings (SSSR count). The molecule has 0 unspecified atom stereocenters. The molecule has 0 atom stereocenters. The first kappa shape index (κ1) is 13.6. The van der Waals surface area contributed by atoms with Gasteiger partial charge in [0.05, 0.1) is 6.54 Å². The second kappa shape index (κ2) is 6.38. The number of anilines is 1. The number of aryl methyl sites for hydroxylation is 1. The molecule has 2 aromatic rings. The van der Waals surface area contributed by atoms with E-state index in [2.05, 4.69) is 29.0 Å². The summed E-state index contributed by atoms with van der Waals surface area (Å²) >= 11 is 1.69. The second-order valence-electron chi connectivity index (χ2n) is 4.23. The summed E-state index contributed by atoms with van der Waals surface area (Å²) in [4.78, 5) is 13.3. The van der Waals surface area contributed by atoms with Gasteiger partial charge in [-0.1, -0.05) is 6.92 Å². The number of thiophene rings is 1. The molecule has 0 aliphatic heterocycles. The van der Waals surface area contributed by atoms with Gasteiger partial charge in [0.15, 0.2) is 0 Å². The van der Waals surface area contributed by atoms with Gasteiger partial charge in [-0.05, 0) is 47.7 Å².